The van der Waals surface area contributed by atoms with Crippen molar-refractivity contribution in [1.82, 2.24) is 10.2 Å². The van der Waals surface area contributed by atoms with Crippen LogP contribution in [0.15, 0.2) is 41.9 Å². The summed E-state index contributed by atoms with van der Waals surface area (Å²) in [6, 6.07) is 6.63. The van der Waals surface area contributed by atoms with Crippen molar-refractivity contribution in [1.29, 1.82) is 0 Å². The van der Waals surface area contributed by atoms with E-state index < -0.39 is 0 Å². The SMILES string of the molecule is C=CCCCCCN(C)C(=NC)NCc1cccc([N+](=O)[O-])c1.I. The van der Waals surface area contributed by atoms with Gasteiger partial charge >= 0.3 is 0 Å². The summed E-state index contributed by atoms with van der Waals surface area (Å²) < 4.78 is 0. The summed E-state index contributed by atoms with van der Waals surface area (Å²) in [6.07, 6.45) is 6.43. The van der Waals surface area contributed by atoms with Gasteiger partial charge in [0.25, 0.3) is 5.69 Å². The van der Waals surface area contributed by atoms with Crippen LogP contribution < -0.4 is 5.32 Å². The van der Waals surface area contributed by atoms with Gasteiger partial charge in [-0.15, -0.1) is 30.6 Å². The lowest BCUT2D eigenvalue weighted by Crippen LogP contribution is -2.39. The first kappa shape index (κ1) is 22.4. The van der Waals surface area contributed by atoms with Crippen LogP contribution >= 0.6 is 24.0 Å². The molecule has 0 bridgehead atoms. The molecule has 6 nitrogen and oxygen atoms in total. The average Bonchev–Trinajstić information content (AvgIpc) is 2.55. The Bertz CT molecular complexity index is 549. The van der Waals surface area contributed by atoms with E-state index in [0.29, 0.717) is 6.54 Å². The Hall–Kier alpha value is -1.64. The molecule has 0 fully saturated rings. The number of halogens is 1. The minimum Gasteiger partial charge on any atom is -0.352 e. The minimum atomic E-state index is -0.381. The highest BCUT2D eigenvalue weighted by atomic mass is 127. The maximum atomic E-state index is 10.8. The van der Waals surface area contributed by atoms with Crippen molar-refractivity contribution in [2.24, 2.45) is 4.99 Å². The molecule has 0 aliphatic heterocycles. The molecule has 24 heavy (non-hydrogen) atoms. The van der Waals surface area contributed by atoms with E-state index in [9.17, 15) is 10.1 Å². The van der Waals surface area contributed by atoms with Crippen molar-refractivity contribution in [3.8, 4) is 0 Å². The van der Waals surface area contributed by atoms with Gasteiger partial charge in [0.1, 0.15) is 0 Å². The average molecular weight is 446 g/mol. The van der Waals surface area contributed by atoms with Gasteiger partial charge in [-0.3, -0.25) is 15.1 Å². The predicted octanol–water partition coefficient (Wildman–Crippen LogP) is 3.97. The molecule has 1 N–H and O–H groups in total. The third-order valence-electron chi connectivity index (χ3n) is 3.55. The number of rotatable bonds is 9. The van der Waals surface area contributed by atoms with Crippen LogP contribution in [0.3, 0.4) is 0 Å². The Kier molecular flexibility index (Phi) is 11.9. The second-order valence-electron chi connectivity index (χ2n) is 5.39. The largest absolute Gasteiger partial charge is 0.352 e. The number of nitrogens with zero attached hydrogens (tertiary/aromatic N) is 3. The summed E-state index contributed by atoms with van der Waals surface area (Å²) in [4.78, 5) is 16.7. The Labute approximate surface area is 161 Å². The van der Waals surface area contributed by atoms with E-state index >= 15 is 0 Å². The van der Waals surface area contributed by atoms with E-state index in [-0.39, 0.29) is 34.6 Å². The van der Waals surface area contributed by atoms with Crippen LogP contribution in [0.2, 0.25) is 0 Å². The fourth-order valence-corrected chi connectivity index (χ4v) is 2.27. The highest BCUT2D eigenvalue weighted by Crippen LogP contribution is 2.12. The molecule has 0 atom stereocenters. The predicted molar refractivity (Wildman–Crippen MR) is 110 cm³/mol. The summed E-state index contributed by atoms with van der Waals surface area (Å²) in [7, 11) is 3.74. The fraction of sp³-hybridized carbons (Fsp3) is 0.471. The summed E-state index contributed by atoms with van der Waals surface area (Å²) in [6.45, 7) is 5.15. The second-order valence-corrected chi connectivity index (χ2v) is 5.39. The smallest absolute Gasteiger partial charge is 0.269 e. The summed E-state index contributed by atoms with van der Waals surface area (Å²) in [5, 5.41) is 14.0. The molecule has 134 valence electrons. The Morgan fingerprint density at radius 1 is 1.42 bits per heavy atom. The molecule has 0 saturated carbocycles. The van der Waals surface area contributed by atoms with Crippen LogP contribution in [0.1, 0.15) is 31.2 Å². The third-order valence-corrected chi connectivity index (χ3v) is 3.55. The van der Waals surface area contributed by atoms with Crippen molar-refractivity contribution in [2.45, 2.75) is 32.2 Å². The fourth-order valence-electron chi connectivity index (χ4n) is 2.27. The Morgan fingerprint density at radius 2 is 2.17 bits per heavy atom. The molecule has 0 aliphatic carbocycles. The molecule has 1 aromatic rings. The topological polar surface area (TPSA) is 70.8 Å². The number of allylic oxidation sites excluding steroid dienone is 1. The Balaban J connectivity index is 0.00000529. The standard InChI is InChI=1S/C17H26N4O2.HI/c1-4-5-6-7-8-12-20(3)17(18-2)19-14-15-10-9-11-16(13-15)21(22)23;/h4,9-11,13H,1,5-8,12,14H2,2-3H3,(H,18,19);1H. The van der Waals surface area contributed by atoms with Gasteiger partial charge < -0.3 is 10.2 Å². The quantitative estimate of drug-likeness (QED) is 0.119. The molecule has 1 rings (SSSR count). The molecule has 0 aliphatic rings. The number of aliphatic imine (C=N–C) groups is 1. The number of nitrogens with one attached hydrogen (secondary N) is 1. The van der Waals surface area contributed by atoms with Crippen LogP contribution in [0, 0.1) is 10.1 Å². The molecule has 1 aromatic carbocycles. The summed E-state index contributed by atoms with van der Waals surface area (Å²) in [5.41, 5.74) is 0.967. The number of hydrogen-bond acceptors (Lipinski definition) is 3. The molecular weight excluding hydrogens is 419 g/mol. The van der Waals surface area contributed by atoms with Gasteiger partial charge in [-0.25, -0.2) is 0 Å². The molecular formula is C17H27IN4O2. The Morgan fingerprint density at radius 3 is 2.79 bits per heavy atom. The van der Waals surface area contributed by atoms with Crippen LogP contribution in [0.5, 0.6) is 0 Å². The molecule has 0 unspecified atom stereocenters. The maximum Gasteiger partial charge on any atom is 0.269 e. The summed E-state index contributed by atoms with van der Waals surface area (Å²) >= 11 is 0. The zero-order valence-electron chi connectivity index (χ0n) is 14.4. The van der Waals surface area contributed by atoms with Crippen molar-refractivity contribution in [2.75, 3.05) is 20.6 Å². The zero-order chi connectivity index (χ0) is 17.1. The minimum absolute atomic E-state index is 0. The molecule has 7 heteroatoms. The highest BCUT2D eigenvalue weighted by Gasteiger charge is 2.08. The molecule has 0 saturated heterocycles. The van der Waals surface area contributed by atoms with Gasteiger partial charge in [-0.2, -0.15) is 0 Å². The van der Waals surface area contributed by atoms with Gasteiger partial charge in [-0.05, 0) is 24.8 Å². The van der Waals surface area contributed by atoms with Gasteiger partial charge in [0.2, 0.25) is 0 Å². The molecule has 0 spiro atoms. The number of non-ortho nitro benzene ring substituents is 1. The number of guanidine groups is 1. The lowest BCUT2D eigenvalue weighted by molar-refractivity contribution is -0.384. The molecule has 0 heterocycles. The van der Waals surface area contributed by atoms with Gasteiger partial charge in [0, 0.05) is 39.3 Å². The van der Waals surface area contributed by atoms with Crippen molar-refractivity contribution >= 4 is 35.6 Å². The number of nitro benzene ring substituents is 1. The number of nitro groups is 1. The van der Waals surface area contributed by atoms with Crippen LogP contribution in [-0.2, 0) is 6.54 Å². The van der Waals surface area contributed by atoms with E-state index in [0.717, 1.165) is 43.8 Å². The van der Waals surface area contributed by atoms with E-state index in [1.807, 2.05) is 19.2 Å². The van der Waals surface area contributed by atoms with Gasteiger partial charge in [0.15, 0.2) is 5.96 Å². The summed E-state index contributed by atoms with van der Waals surface area (Å²) in [5.74, 6) is 0.792. The van der Waals surface area contributed by atoms with Gasteiger partial charge in [-0.1, -0.05) is 24.6 Å². The van der Waals surface area contributed by atoms with E-state index in [4.69, 9.17) is 0 Å². The maximum absolute atomic E-state index is 10.8. The number of hydrogen-bond donors (Lipinski definition) is 1. The monoisotopic (exact) mass is 446 g/mol. The first-order valence-electron chi connectivity index (χ1n) is 7.84. The van der Waals surface area contributed by atoms with Crippen LogP contribution in [0.4, 0.5) is 5.69 Å². The van der Waals surface area contributed by atoms with Crippen molar-refractivity contribution < 1.29 is 4.92 Å². The van der Waals surface area contributed by atoms with Gasteiger partial charge in [0.05, 0.1) is 4.92 Å². The first-order chi connectivity index (χ1) is 11.1. The lowest BCUT2D eigenvalue weighted by Gasteiger charge is -2.22. The van der Waals surface area contributed by atoms with Crippen molar-refractivity contribution in [3.63, 3.8) is 0 Å². The normalized spacial score (nSPS) is 10.7. The van der Waals surface area contributed by atoms with E-state index in [1.54, 1.807) is 19.2 Å². The zero-order valence-corrected chi connectivity index (χ0v) is 16.7. The third kappa shape index (κ3) is 8.28. The van der Waals surface area contributed by atoms with Crippen molar-refractivity contribution in [3.05, 3.63) is 52.6 Å². The second kappa shape index (κ2) is 12.7. The van der Waals surface area contributed by atoms with E-state index in [2.05, 4.69) is 21.8 Å². The molecule has 0 radical (unpaired) electrons. The first-order valence-corrected chi connectivity index (χ1v) is 7.84. The number of benzene rings is 1. The molecule has 0 aromatic heterocycles. The lowest BCUT2D eigenvalue weighted by atomic mass is 10.2. The van der Waals surface area contributed by atoms with Crippen LogP contribution in [-0.4, -0.2) is 36.4 Å². The highest BCUT2D eigenvalue weighted by molar-refractivity contribution is 14.0. The number of unbranched alkanes of at least 4 members (excludes halogenated alkanes) is 3. The van der Waals surface area contributed by atoms with E-state index in [1.165, 1.54) is 6.07 Å². The molecule has 0 amide bonds. The van der Waals surface area contributed by atoms with Crippen LogP contribution in [0.25, 0.3) is 0 Å².